The molecule has 1 N–H and O–H groups in total. The molecule has 0 aromatic heterocycles. The van der Waals surface area contributed by atoms with Crippen molar-refractivity contribution in [1.82, 2.24) is 4.90 Å². The van der Waals surface area contributed by atoms with Crippen molar-refractivity contribution in [3.63, 3.8) is 0 Å². The Morgan fingerprint density at radius 1 is 1.00 bits per heavy atom. The number of ether oxygens (including phenoxy) is 1. The topological polar surface area (TPSA) is 65.4 Å². The molecule has 1 saturated heterocycles. The van der Waals surface area contributed by atoms with Crippen LogP contribution in [-0.2, 0) is 6.61 Å². The summed E-state index contributed by atoms with van der Waals surface area (Å²) in [6.45, 7) is 1.86. The smallest absolute Gasteiger partial charge is 0.253 e. The van der Waals surface area contributed by atoms with Gasteiger partial charge >= 0.3 is 0 Å². The van der Waals surface area contributed by atoms with Crippen molar-refractivity contribution in [3.8, 4) is 11.8 Å². The number of likely N-dealkylation sites (tertiary alicyclic amines) is 1. The second-order valence-corrected chi connectivity index (χ2v) is 7.70. The standard InChI is InChI=1S/C26H25N3O2/c27-18-20-9-11-25(12-10-20)31-19-21-5-4-6-22(17-21)26(30)29-15-13-24(14-16-29)28-23-7-2-1-3-8-23/h1-12,17,24,28H,13-16,19H2. The highest BCUT2D eigenvalue weighted by atomic mass is 16.5. The summed E-state index contributed by atoms with van der Waals surface area (Å²) in [5.41, 5.74) is 3.36. The van der Waals surface area contributed by atoms with Gasteiger partial charge in [0.2, 0.25) is 0 Å². The van der Waals surface area contributed by atoms with E-state index in [2.05, 4.69) is 23.5 Å². The van der Waals surface area contributed by atoms with Gasteiger partial charge in [0.05, 0.1) is 11.6 Å². The highest BCUT2D eigenvalue weighted by Gasteiger charge is 2.23. The van der Waals surface area contributed by atoms with Crippen molar-refractivity contribution in [1.29, 1.82) is 5.26 Å². The molecule has 0 aliphatic carbocycles. The van der Waals surface area contributed by atoms with Gasteiger partial charge in [-0.25, -0.2) is 0 Å². The van der Waals surface area contributed by atoms with Crippen LogP contribution in [-0.4, -0.2) is 29.9 Å². The molecule has 1 aliphatic heterocycles. The van der Waals surface area contributed by atoms with Crippen LogP contribution in [0.5, 0.6) is 5.75 Å². The fourth-order valence-electron chi connectivity index (χ4n) is 3.77. The van der Waals surface area contributed by atoms with Crippen molar-refractivity contribution in [2.24, 2.45) is 0 Å². The van der Waals surface area contributed by atoms with Crippen molar-refractivity contribution < 1.29 is 9.53 Å². The molecule has 1 amide bonds. The van der Waals surface area contributed by atoms with Gasteiger partial charge in [0.1, 0.15) is 12.4 Å². The summed E-state index contributed by atoms with van der Waals surface area (Å²) in [6, 6.07) is 27.3. The molecular weight excluding hydrogens is 386 g/mol. The van der Waals surface area contributed by atoms with E-state index < -0.39 is 0 Å². The number of carbonyl (C=O) groups is 1. The molecule has 0 saturated carbocycles. The van der Waals surface area contributed by atoms with Gasteiger partial charge in [-0.1, -0.05) is 30.3 Å². The van der Waals surface area contributed by atoms with Crippen LogP contribution in [0.4, 0.5) is 5.69 Å². The zero-order valence-electron chi connectivity index (χ0n) is 17.3. The Morgan fingerprint density at radius 2 is 1.74 bits per heavy atom. The molecule has 0 unspecified atom stereocenters. The first-order valence-corrected chi connectivity index (χ1v) is 10.5. The summed E-state index contributed by atoms with van der Waals surface area (Å²) in [5, 5.41) is 12.4. The molecule has 1 fully saturated rings. The van der Waals surface area contributed by atoms with Gasteiger partial charge in [0, 0.05) is 30.4 Å². The molecule has 4 rings (SSSR count). The molecule has 0 bridgehead atoms. The predicted molar refractivity (Wildman–Crippen MR) is 121 cm³/mol. The number of nitrogens with zero attached hydrogens (tertiary/aromatic N) is 2. The number of hydrogen-bond donors (Lipinski definition) is 1. The minimum Gasteiger partial charge on any atom is -0.489 e. The number of para-hydroxylation sites is 1. The predicted octanol–water partition coefficient (Wildman–Crippen LogP) is 4.85. The van der Waals surface area contributed by atoms with E-state index in [-0.39, 0.29) is 5.91 Å². The van der Waals surface area contributed by atoms with Crippen LogP contribution < -0.4 is 10.1 Å². The van der Waals surface area contributed by atoms with Crippen LogP contribution in [0.15, 0.2) is 78.9 Å². The monoisotopic (exact) mass is 411 g/mol. The second-order valence-electron chi connectivity index (χ2n) is 7.70. The van der Waals surface area contributed by atoms with E-state index in [1.54, 1.807) is 24.3 Å². The summed E-state index contributed by atoms with van der Waals surface area (Å²) in [4.78, 5) is 14.9. The van der Waals surface area contributed by atoms with Gasteiger partial charge in [-0.05, 0) is 66.9 Å². The molecule has 3 aromatic carbocycles. The molecule has 0 atom stereocenters. The van der Waals surface area contributed by atoms with E-state index in [0.29, 0.717) is 29.5 Å². The Kier molecular flexibility index (Phi) is 6.49. The Morgan fingerprint density at radius 3 is 2.45 bits per heavy atom. The lowest BCUT2D eigenvalue weighted by molar-refractivity contribution is 0.0718. The lowest BCUT2D eigenvalue weighted by atomic mass is 10.0. The van der Waals surface area contributed by atoms with Crippen molar-refractivity contribution in [2.45, 2.75) is 25.5 Å². The minimum atomic E-state index is 0.0679. The number of nitrogens with one attached hydrogen (secondary N) is 1. The van der Waals surface area contributed by atoms with Gasteiger partial charge in [0.15, 0.2) is 0 Å². The first-order valence-electron chi connectivity index (χ1n) is 10.5. The number of rotatable bonds is 6. The zero-order valence-corrected chi connectivity index (χ0v) is 17.3. The van der Waals surface area contributed by atoms with Gasteiger partial charge in [-0.3, -0.25) is 4.79 Å². The van der Waals surface area contributed by atoms with Crippen molar-refractivity contribution in [2.75, 3.05) is 18.4 Å². The summed E-state index contributed by atoms with van der Waals surface area (Å²) < 4.78 is 5.80. The Balaban J connectivity index is 1.31. The lowest BCUT2D eigenvalue weighted by Gasteiger charge is -2.33. The third-order valence-corrected chi connectivity index (χ3v) is 5.49. The number of hydrogen-bond acceptors (Lipinski definition) is 4. The summed E-state index contributed by atoms with van der Waals surface area (Å²) in [7, 11) is 0. The van der Waals surface area contributed by atoms with E-state index in [4.69, 9.17) is 10.00 Å². The third kappa shape index (κ3) is 5.43. The van der Waals surface area contributed by atoms with Crippen LogP contribution in [0.25, 0.3) is 0 Å². The number of carbonyl (C=O) groups excluding carboxylic acids is 1. The molecule has 0 radical (unpaired) electrons. The minimum absolute atomic E-state index is 0.0679. The quantitative estimate of drug-likeness (QED) is 0.629. The number of piperidine rings is 1. The molecule has 156 valence electrons. The van der Waals surface area contributed by atoms with Crippen LogP contribution in [0.1, 0.15) is 34.3 Å². The number of nitriles is 1. The molecule has 0 spiro atoms. The van der Waals surface area contributed by atoms with E-state index in [1.165, 1.54) is 0 Å². The first-order chi connectivity index (χ1) is 15.2. The molecule has 3 aromatic rings. The van der Waals surface area contributed by atoms with E-state index >= 15 is 0 Å². The van der Waals surface area contributed by atoms with Crippen LogP contribution in [0, 0.1) is 11.3 Å². The number of amides is 1. The maximum absolute atomic E-state index is 13.0. The Labute approximate surface area is 182 Å². The molecular formula is C26H25N3O2. The largest absolute Gasteiger partial charge is 0.489 e. The highest BCUT2D eigenvalue weighted by molar-refractivity contribution is 5.94. The van der Waals surface area contributed by atoms with Crippen molar-refractivity contribution in [3.05, 3.63) is 95.6 Å². The number of benzene rings is 3. The normalized spacial score (nSPS) is 14.0. The number of anilines is 1. The van der Waals surface area contributed by atoms with E-state index in [0.717, 1.165) is 37.2 Å². The lowest BCUT2D eigenvalue weighted by Crippen LogP contribution is -2.42. The Bertz CT molecular complexity index is 1050. The van der Waals surface area contributed by atoms with Gasteiger partial charge in [-0.15, -0.1) is 0 Å². The van der Waals surface area contributed by atoms with Gasteiger partial charge in [-0.2, -0.15) is 5.26 Å². The van der Waals surface area contributed by atoms with Gasteiger partial charge in [0.25, 0.3) is 5.91 Å². The second kappa shape index (κ2) is 9.82. The zero-order chi connectivity index (χ0) is 21.5. The molecule has 5 nitrogen and oxygen atoms in total. The molecule has 1 heterocycles. The average Bonchev–Trinajstić information content (AvgIpc) is 2.84. The fourth-order valence-corrected chi connectivity index (χ4v) is 3.77. The van der Waals surface area contributed by atoms with Crippen molar-refractivity contribution >= 4 is 11.6 Å². The SMILES string of the molecule is N#Cc1ccc(OCc2cccc(C(=O)N3CCC(Nc4ccccc4)CC3)c2)cc1. The van der Waals surface area contributed by atoms with E-state index in [1.807, 2.05) is 47.4 Å². The summed E-state index contributed by atoms with van der Waals surface area (Å²) in [6.07, 6.45) is 1.87. The van der Waals surface area contributed by atoms with Gasteiger partial charge < -0.3 is 15.0 Å². The van der Waals surface area contributed by atoms with E-state index in [9.17, 15) is 4.79 Å². The molecule has 31 heavy (non-hydrogen) atoms. The summed E-state index contributed by atoms with van der Waals surface area (Å²) in [5.74, 6) is 0.766. The Hall–Kier alpha value is -3.78. The average molecular weight is 412 g/mol. The fraction of sp³-hybridized carbons (Fsp3) is 0.231. The van der Waals surface area contributed by atoms with Crippen LogP contribution in [0.2, 0.25) is 0 Å². The first kappa shape index (κ1) is 20.5. The molecule has 1 aliphatic rings. The van der Waals surface area contributed by atoms with Crippen LogP contribution >= 0.6 is 0 Å². The maximum atomic E-state index is 13.0. The van der Waals surface area contributed by atoms with Crippen LogP contribution in [0.3, 0.4) is 0 Å². The maximum Gasteiger partial charge on any atom is 0.253 e. The summed E-state index contributed by atoms with van der Waals surface area (Å²) >= 11 is 0. The highest BCUT2D eigenvalue weighted by Crippen LogP contribution is 2.19. The molecule has 5 heteroatoms. The third-order valence-electron chi connectivity index (χ3n) is 5.49.